The monoisotopic (exact) mass is 710 g/mol. The second-order valence-corrected chi connectivity index (χ2v) is 14.2. The van der Waals surface area contributed by atoms with Crippen LogP contribution in [-0.2, 0) is 24.6 Å². The van der Waals surface area contributed by atoms with Gasteiger partial charge in [0.1, 0.15) is 0 Å². The summed E-state index contributed by atoms with van der Waals surface area (Å²) in [5.41, 5.74) is 2.58. The van der Waals surface area contributed by atoms with Crippen molar-refractivity contribution in [3.8, 4) is 11.5 Å². The molecule has 0 bridgehead atoms. The molecular weight excluding hydrogens is 676 g/mol. The third-order valence-corrected chi connectivity index (χ3v) is 11.5. The molecule has 52 heavy (non-hydrogen) atoms. The lowest BCUT2D eigenvalue weighted by molar-refractivity contribution is -0.128. The third kappa shape index (κ3) is 4.96. The average Bonchev–Trinajstić information content (AvgIpc) is 3.55. The lowest BCUT2D eigenvalue weighted by atomic mass is 9.50. The van der Waals surface area contributed by atoms with Crippen LogP contribution in [0.4, 0.5) is 11.4 Å². The van der Waals surface area contributed by atoms with Gasteiger partial charge in [0.2, 0.25) is 23.6 Å². The van der Waals surface area contributed by atoms with E-state index in [0.29, 0.717) is 33.9 Å². The molecule has 6 atom stereocenters. The summed E-state index contributed by atoms with van der Waals surface area (Å²) in [4.78, 5) is 61.2. The number of rotatable bonds is 7. The number of aromatic hydroxyl groups is 1. The van der Waals surface area contributed by atoms with Gasteiger partial charge in [0.05, 0.1) is 41.7 Å². The largest absolute Gasteiger partial charge is 0.504 e. The Hall–Kier alpha value is -5.73. The molecule has 2 aliphatic carbocycles. The topological polar surface area (TPSA) is 104 Å². The maximum absolute atomic E-state index is 15.3. The lowest BCUT2D eigenvalue weighted by Gasteiger charge is -2.49. The number of fused-ring (bicyclic) bond motifs is 4. The summed E-state index contributed by atoms with van der Waals surface area (Å²) >= 11 is 6.40. The SMILES string of the molecule is C=Cc1ccc(N2C(=O)[C@H]3[C@H](CC=C4[C@H]3C[C@H]3C(=O)N(c5cccc(Cl)c5)C(=O)[C@@]3(c3ccccc3)[C@H]4C=Cc3ccc(O)c(OC)c3)C2=O)cc1. The smallest absolute Gasteiger partial charge is 0.246 e. The number of ether oxygens (including phenoxy) is 1. The van der Waals surface area contributed by atoms with Crippen molar-refractivity contribution in [1.29, 1.82) is 0 Å². The number of hydrogen-bond acceptors (Lipinski definition) is 6. The highest BCUT2D eigenvalue weighted by atomic mass is 35.5. The van der Waals surface area contributed by atoms with Crippen molar-refractivity contribution < 1.29 is 29.0 Å². The predicted molar refractivity (Wildman–Crippen MR) is 200 cm³/mol. The summed E-state index contributed by atoms with van der Waals surface area (Å²) in [6.45, 7) is 3.80. The van der Waals surface area contributed by atoms with Gasteiger partial charge in [-0.1, -0.05) is 103 Å². The molecule has 0 aromatic heterocycles. The van der Waals surface area contributed by atoms with Gasteiger partial charge in [-0.3, -0.25) is 24.1 Å². The molecule has 2 saturated heterocycles. The zero-order chi connectivity index (χ0) is 36.3. The maximum Gasteiger partial charge on any atom is 0.246 e. The second kappa shape index (κ2) is 12.8. The van der Waals surface area contributed by atoms with Crippen LogP contribution in [0, 0.1) is 29.6 Å². The van der Waals surface area contributed by atoms with Crippen LogP contribution < -0.4 is 14.5 Å². The van der Waals surface area contributed by atoms with E-state index in [1.165, 1.54) is 23.0 Å². The summed E-state index contributed by atoms with van der Waals surface area (Å²) in [5.74, 6) is -4.42. The number of phenolic OH excluding ortho intramolecular Hbond substituents is 1. The predicted octanol–water partition coefficient (Wildman–Crippen LogP) is 7.61. The van der Waals surface area contributed by atoms with Crippen LogP contribution in [0.2, 0.25) is 5.02 Å². The fraction of sp³-hybridized carbons (Fsp3) is 0.209. The highest BCUT2D eigenvalue weighted by molar-refractivity contribution is 6.32. The number of carbonyl (C=O) groups excluding carboxylic acids is 4. The number of phenols is 1. The van der Waals surface area contributed by atoms with Crippen LogP contribution in [0.15, 0.2) is 121 Å². The number of allylic oxidation sites excluding steroid dienone is 3. The molecule has 8 rings (SSSR count). The molecule has 260 valence electrons. The first-order chi connectivity index (χ1) is 25.2. The van der Waals surface area contributed by atoms with Gasteiger partial charge >= 0.3 is 0 Å². The molecule has 2 heterocycles. The van der Waals surface area contributed by atoms with Crippen LogP contribution in [0.5, 0.6) is 11.5 Å². The molecule has 2 aliphatic heterocycles. The average molecular weight is 711 g/mol. The zero-order valence-corrected chi connectivity index (χ0v) is 29.1. The minimum absolute atomic E-state index is 0.0129. The number of anilines is 2. The van der Waals surface area contributed by atoms with E-state index in [1.807, 2.05) is 60.7 Å². The number of amides is 4. The van der Waals surface area contributed by atoms with Gasteiger partial charge in [0.25, 0.3) is 0 Å². The van der Waals surface area contributed by atoms with Crippen LogP contribution in [0.25, 0.3) is 12.2 Å². The zero-order valence-electron chi connectivity index (χ0n) is 28.3. The summed E-state index contributed by atoms with van der Waals surface area (Å²) in [6, 6.07) is 28.1. The van der Waals surface area contributed by atoms with Crippen molar-refractivity contribution >= 4 is 58.8 Å². The van der Waals surface area contributed by atoms with Crippen LogP contribution >= 0.6 is 11.6 Å². The first kappa shape index (κ1) is 33.4. The normalized spacial score (nSPS) is 26.7. The molecule has 0 spiro atoms. The van der Waals surface area contributed by atoms with E-state index < -0.39 is 35.0 Å². The molecule has 1 saturated carbocycles. The van der Waals surface area contributed by atoms with Crippen molar-refractivity contribution in [2.45, 2.75) is 18.3 Å². The van der Waals surface area contributed by atoms with Gasteiger partial charge in [-0.2, -0.15) is 0 Å². The number of halogens is 1. The molecule has 4 aromatic carbocycles. The Balaban J connectivity index is 1.31. The number of hydrogen-bond donors (Lipinski definition) is 1. The fourth-order valence-electron chi connectivity index (χ4n) is 9.01. The van der Waals surface area contributed by atoms with Crippen LogP contribution in [0.1, 0.15) is 29.5 Å². The lowest BCUT2D eigenvalue weighted by Crippen LogP contribution is -2.54. The number of methoxy groups -OCH3 is 1. The number of carbonyl (C=O) groups is 4. The van der Waals surface area contributed by atoms with Gasteiger partial charge in [-0.05, 0) is 77.9 Å². The van der Waals surface area contributed by atoms with Gasteiger partial charge in [0.15, 0.2) is 11.5 Å². The van der Waals surface area contributed by atoms with E-state index in [9.17, 15) is 19.5 Å². The highest BCUT2D eigenvalue weighted by Crippen LogP contribution is 2.62. The third-order valence-electron chi connectivity index (χ3n) is 11.3. The number of nitrogens with zero attached hydrogens (tertiary/aromatic N) is 2. The van der Waals surface area contributed by atoms with E-state index in [-0.39, 0.29) is 41.5 Å². The van der Waals surface area contributed by atoms with Gasteiger partial charge in [-0.15, -0.1) is 0 Å². The number of imide groups is 2. The van der Waals surface area contributed by atoms with Gasteiger partial charge in [0, 0.05) is 10.9 Å². The quantitative estimate of drug-likeness (QED) is 0.156. The Labute approximate surface area is 306 Å². The van der Waals surface area contributed by atoms with E-state index in [0.717, 1.165) is 11.1 Å². The standard InChI is InChI=1S/C43H35ClN2O6/c1-3-25-12-16-29(17-13-25)45-39(48)32-19-18-31-33(38(32)41(45)50)24-35-40(49)46(30-11-7-10-28(44)23-30)42(51)43(35,27-8-5-4-6-9-27)34(31)20-14-26-15-21-36(47)37(22-26)52-2/h3-18,20-23,32-35,38,47H,1,19,24H2,2H3/t32-,33+,34-,35-,38-,43-/m0/s1. The van der Waals surface area contributed by atoms with Crippen molar-refractivity contribution in [3.05, 3.63) is 143 Å². The molecule has 3 fully saturated rings. The Morgan fingerprint density at radius 1 is 0.827 bits per heavy atom. The molecular formula is C43H35ClN2O6. The molecule has 9 heteroatoms. The van der Waals surface area contributed by atoms with Gasteiger partial charge < -0.3 is 9.84 Å². The maximum atomic E-state index is 15.3. The summed E-state index contributed by atoms with van der Waals surface area (Å²) < 4.78 is 5.36. The van der Waals surface area contributed by atoms with E-state index in [4.69, 9.17) is 16.3 Å². The molecule has 0 unspecified atom stereocenters. The molecule has 8 nitrogen and oxygen atoms in total. The van der Waals surface area contributed by atoms with Gasteiger partial charge in [-0.25, -0.2) is 4.90 Å². The van der Waals surface area contributed by atoms with Crippen molar-refractivity contribution in [2.75, 3.05) is 16.9 Å². The summed E-state index contributed by atoms with van der Waals surface area (Å²) in [5, 5.41) is 10.7. The first-order valence-corrected chi connectivity index (χ1v) is 17.6. The summed E-state index contributed by atoms with van der Waals surface area (Å²) in [7, 11) is 1.47. The van der Waals surface area contributed by atoms with Crippen molar-refractivity contribution in [1.82, 2.24) is 0 Å². The van der Waals surface area contributed by atoms with Crippen molar-refractivity contribution in [2.24, 2.45) is 29.6 Å². The second-order valence-electron chi connectivity index (χ2n) is 13.7. The van der Waals surface area contributed by atoms with Crippen LogP contribution in [0.3, 0.4) is 0 Å². The summed E-state index contributed by atoms with van der Waals surface area (Å²) in [6.07, 6.45) is 8.03. The Bertz CT molecular complexity index is 2210. The molecule has 1 N–H and O–H groups in total. The van der Waals surface area contributed by atoms with E-state index >= 15 is 4.79 Å². The van der Waals surface area contributed by atoms with E-state index in [1.54, 1.807) is 54.6 Å². The highest BCUT2D eigenvalue weighted by Gasteiger charge is 2.69. The van der Waals surface area contributed by atoms with Crippen LogP contribution in [-0.4, -0.2) is 35.8 Å². The fourth-order valence-corrected chi connectivity index (χ4v) is 9.19. The molecule has 4 aliphatic rings. The first-order valence-electron chi connectivity index (χ1n) is 17.2. The Kier molecular flexibility index (Phi) is 8.22. The molecule has 4 aromatic rings. The van der Waals surface area contributed by atoms with E-state index in [2.05, 4.69) is 6.58 Å². The Morgan fingerprint density at radius 3 is 2.29 bits per heavy atom. The minimum atomic E-state index is -1.38. The number of benzene rings is 4. The Morgan fingerprint density at radius 2 is 1.58 bits per heavy atom. The molecule has 4 amide bonds. The van der Waals surface area contributed by atoms with Crippen molar-refractivity contribution in [3.63, 3.8) is 0 Å². The minimum Gasteiger partial charge on any atom is -0.504 e. The molecule has 0 radical (unpaired) electrons.